The number of halogens is 2. The van der Waals surface area contributed by atoms with Crippen LogP contribution in [0.25, 0.3) is 0 Å². The Hall–Kier alpha value is -4.18. The molecule has 0 saturated carbocycles. The standard InChI is InChI=1S/C54H74Cl2N6O14S2/c1-37-27-41(55)31-45-47(37)33-61(3)35-49(45)39-7-5-9-43(29-39)77(67,68)59-13-17-73-21-25-75-23-19-71-15-11-57-53(65)51(63)52(64)54(66)58-12-16-72-20-24-76-26-22-74-18-14-60-78(69,70)44-10-6-8-40(30-44)50-36-62(4)34-48-38(2)28-42(56)32-46(48)50/h5-10,27-32,49-52,59-60,63-64H,11-26,33-36H2,1-4H3,(H,57,65)(H,58,66). The minimum atomic E-state index is -3.79. The van der Waals surface area contributed by atoms with Gasteiger partial charge in [0.1, 0.15) is 0 Å². The van der Waals surface area contributed by atoms with Gasteiger partial charge in [0.15, 0.2) is 12.2 Å². The summed E-state index contributed by atoms with van der Waals surface area (Å²) in [5.41, 5.74) is 8.65. The fourth-order valence-corrected chi connectivity index (χ4v) is 11.9. The minimum absolute atomic E-state index is 0.000549. The van der Waals surface area contributed by atoms with Crippen LogP contribution < -0.4 is 20.1 Å². The molecule has 2 aliphatic rings. The largest absolute Gasteiger partial charge is 0.380 e. The van der Waals surface area contributed by atoms with E-state index in [1.54, 1.807) is 36.4 Å². The molecule has 4 aromatic carbocycles. The molecule has 0 bridgehead atoms. The Bertz CT molecular complexity index is 2640. The number of hydrogen-bond acceptors (Lipinski definition) is 16. The van der Waals surface area contributed by atoms with Gasteiger partial charge in [-0.1, -0.05) is 47.5 Å². The molecule has 20 nitrogen and oxygen atoms in total. The summed E-state index contributed by atoms with van der Waals surface area (Å²) < 4.78 is 90.6. The average Bonchev–Trinajstić information content (AvgIpc) is 3.48. The van der Waals surface area contributed by atoms with Gasteiger partial charge in [0, 0.05) is 74.2 Å². The number of benzene rings is 4. The van der Waals surface area contributed by atoms with E-state index in [2.05, 4.69) is 29.9 Å². The first-order valence-electron chi connectivity index (χ1n) is 25.9. The lowest BCUT2D eigenvalue weighted by Gasteiger charge is -2.34. The molecule has 0 radical (unpaired) electrons. The number of amides is 2. The van der Waals surface area contributed by atoms with E-state index in [9.17, 15) is 36.6 Å². The van der Waals surface area contributed by atoms with Crippen molar-refractivity contribution in [2.45, 2.75) is 60.8 Å². The van der Waals surface area contributed by atoms with Gasteiger partial charge in [0.25, 0.3) is 11.8 Å². The number of aliphatic hydroxyl groups is 2. The molecule has 2 heterocycles. The van der Waals surface area contributed by atoms with Crippen LogP contribution in [0.5, 0.6) is 0 Å². The van der Waals surface area contributed by atoms with Crippen molar-refractivity contribution in [2.75, 3.05) is 133 Å². The van der Waals surface area contributed by atoms with E-state index < -0.39 is 44.1 Å². The second-order valence-corrected chi connectivity index (χ2v) is 23.6. The molecule has 2 aliphatic heterocycles. The van der Waals surface area contributed by atoms with Gasteiger partial charge in [-0.3, -0.25) is 9.59 Å². The lowest BCUT2D eigenvalue weighted by molar-refractivity contribution is -0.146. The van der Waals surface area contributed by atoms with Crippen molar-refractivity contribution in [3.8, 4) is 0 Å². The Morgan fingerprint density at radius 2 is 0.872 bits per heavy atom. The average molecular weight is 1170 g/mol. The van der Waals surface area contributed by atoms with Crippen molar-refractivity contribution < 1.29 is 65.1 Å². The Morgan fingerprint density at radius 3 is 1.23 bits per heavy atom. The SMILES string of the molecule is Cc1cc(Cl)cc2c1CN(C)CC2c1cccc(S(=O)(=O)NCCOCCOCCOCCNC(=O)C(O)C(O)C(=O)NCCOCCOCCOCCNS(=O)(=O)c2cccc(C3CN(C)Cc4c(C)cc(Cl)cc43)c2)c1. The topological polar surface area (TPSA) is 253 Å². The van der Waals surface area contributed by atoms with Crippen LogP contribution in [0.15, 0.2) is 82.6 Å². The molecule has 0 spiro atoms. The van der Waals surface area contributed by atoms with Crippen LogP contribution in [0, 0.1) is 13.8 Å². The third-order valence-corrected chi connectivity index (χ3v) is 16.5. The number of aliphatic hydroxyl groups excluding tert-OH is 2. The number of fused-ring (bicyclic) bond motifs is 2. The molecule has 0 saturated heterocycles. The summed E-state index contributed by atoms with van der Waals surface area (Å²) in [6.45, 7) is 9.45. The quantitative estimate of drug-likeness (QED) is 0.0375. The summed E-state index contributed by atoms with van der Waals surface area (Å²) in [6, 6.07) is 21.8. The van der Waals surface area contributed by atoms with E-state index in [0.717, 1.165) is 59.6 Å². The Balaban J connectivity index is 0.717. The summed E-state index contributed by atoms with van der Waals surface area (Å²) >= 11 is 12.8. The number of hydrogen-bond donors (Lipinski definition) is 6. The predicted molar refractivity (Wildman–Crippen MR) is 295 cm³/mol. The highest BCUT2D eigenvalue weighted by Crippen LogP contribution is 2.38. The van der Waals surface area contributed by atoms with Crippen LogP contribution in [-0.2, 0) is 71.1 Å². The Labute approximate surface area is 468 Å². The van der Waals surface area contributed by atoms with Gasteiger partial charge in [0.2, 0.25) is 20.0 Å². The summed E-state index contributed by atoms with van der Waals surface area (Å²) in [5.74, 6) is -1.97. The third kappa shape index (κ3) is 19.0. The first-order chi connectivity index (χ1) is 37.3. The van der Waals surface area contributed by atoms with E-state index in [1.807, 2.05) is 64.3 Å². The molecule has 6 N–H and O–H groups in total. The van der Waals surface area contributed by atoms with Crippen LogP contribution in [0.1, 0.15) is 56.3 Å². The van der Waals surface area contributed by atoms with Gasteiger partial charge in [0.05, 0.1) is 89.1 Å². The van der Waals surface area contributed by atoms with E-state index >= 15 is 0 Å². The number of aryl methyl sites for hydroxylation is 2. The zero-order chi connectivity index (χ0) is 56.2. The molecule has 4 aromatic rings. The Morgan fingerprint density at radius 1 is 0.538 bits per heavy atom. The number of carbonyl (C=O) groups excluding carboxylic acids is 2. The summed E-state index contributed by atoms with van der Waals surface area (Å²) in [4.78, 5) is 29.4. The molecule has 430 valence electrons. The molecule has 78 heavy (non-hydrogen) atoms. The van der Waals surface area contributed by atoms with E-state index in [1.165, 1.54) is 11.1 Å². The first kappa shape index (κ1) is 63.0. The Kier molecular flexibility index (Phi) is 25.2. The number of nitrogens with one attached hydrogen (secondary N) is 4. The zero-order valence-electron chi connectivity index (χ0n) is 44.6. The van der Waals surface area contributed by atoms with Crippen LogP contribution in [-0.4, -0.2) is 194 Å². The monoisotopic (exact) mass is 1160 g/mol. The van der Waals surface area contributed by atoms with Crippen molar-refractivity contribution >= 4 is 55.1 Å². The van der Waals surface area contributed by atoms with Gasteiger partial charge >= 0.3 is 0 Å². The number of likely N-dealkylation sites (N-methyl/N-ethyl adjacent to an activating group) is 2. The second-order valence-electron chi connectivity index (χ2n) is 19.2. The third-order valence-electron chi connectivity index (χ3n) is 13.2. The molecule has 0 aliphatic carbocycles. The van der Waals surface area contributed by atoms with Gasteiger partial charge in [-0.2, -0.15) is 0 Å². The van der Waals surface area contributed by atoms with E-state index in [0.29, 0.717) is 10.0 Å². The maximum atomic E-state index is 13.2. The number of ether oxygens (including phenoxy) is 6. The molecular weight excluding hydrogens is 1090 g/mol. The fraction of sp³-hybridized carbons (Fsp3) is 0.519. The highest BCUT2D eigenvalue weighted by Gasteiger charge is 2.31. The molecule has 4 atom stereocenters. The summed E-state index contributed by atoms with van der Waals surface area (Å²) in [7, 11) is -3.49. The number of sulfonamides is 2. The zero-order valence-corrected chi connectivity index (χ0v) is 47.8. The van der Waals surface area contributed by atoms with Crippen LogP contribution in [0.4, 0.5) is 0 Å². The fourth-order valence-electron chi connectivity index (χ4n) is 9.24. The van der Waals surface area contributed by atoms with Crippen molar-refractivity contribution in [1.82, 2.24) is 29.9 Å². The number of nitrogens with zero attached hydrogens (tertiary/aromatic N) is 2. The molecule has 2 amide bonds. The maximum absolute atomic E-state index is 13.2. The lowest BCUT2D eigenvalue weighted by Crippen LogP contribution is -2.50. The molecule has 4 unspecified atom stereocenters. The minimum Gasteiger partial charge on any atom is -0.380 e. The van der Waals surface area contributed by atoms with Gasteiger partial charge in [-0.05, 0) is 121 Å². The molecule has 0 fully saturated rings. The van der Waals surface area contributed by atoms with E-state index in [-0.39, 0.29) is 127 Å². The van der Waals surface area contributed by atoms with Crippen LogP contribution in [0.2, 0.25) is 10.0 Å². The van der Waals surface area contributed by atoms with Gasteiger partial charge in [-0.15, -0.1) is 0 Å². The van der Waals surface area contributed by atoms with Crippen molar-refractivity contribution in [2.24, 2.45) is 0 Å². The lowest BCUT2D eigenvalue weighted by atomic mass is 9.83. The van der Waals surface area contributed by atoms with Crippen molar-refractivity contribution in [3.05, 3.63) is 127 Å². The van der Waals surface area contributed by atoms with E-state index in [4.69, 9.17) is 51.6 Å². The van der Waals surface area contributed by atoms with Crippen molar-refractivity contribution in [1.29, 1.82) is 0 Å². The highest BCUT2D eigenvalue weighted by molar-refractivity contribution is 7.89. The summed E-state index contributed by atoms with van der Waals surface area (Å²) in [5, 5.41) is 26.4. The number of carbonyl (C=O) groups is 2. The summed E-state index contributed by atoms with van der Waals surface area (Å²) in [6.07, 6.45) is -4.03. The molecule has 24 heteroatoms. The molecular formula is C54H74Cl2N6O14S2. The highest BCUT2D eigenvalue weighted by atomic mass is 35.5. The normalized spacial score (nSPS) is 16.8. The second kappa shape index (κ2) is 31.1. The smallest absolute Gasteiger partial charge is 0.252 e. The predicted octanol–water partition coefficient (Wildman–Crippen LogP) is 3.08. The van der Waals surface area contributed by atoms with Gasteiger partial charge in [-0.25, -0.2) is 26.3 Å². The molecule has 0 aromatic heterocycles. The van der Waals surface area contributed by atoms with Crippen LogP contribution >= 0.6 is 23.2 Å². The number of rotatable bonds is 33. The van der Waals surface area contributed by atoms with Crippen LogP contribution in [0.3, 0.4) is 0 Å². The first-order valence-corrected chi connectivity index (χ1v) is 29.6. The van der Waals surface area contributed by atoms with Crippen molar-refractivity contribution in [3.63, 3.8) is 0 Å². The molecule has 6 rings (SSSR count). The maximum Gasteiger partial charge on any atom is 0.252 e. The van der Waals surface area contributed by atoms with Gasteiger partial charge < -0.3 is 59.1 Å².